The summed E-state index contributed by atoms with van der Waals surface area (Å²) in [4.78, 5) is 3.67. The summed E-state index contributed by atoms with van der Waals surface area (Å²) in [7, 11) is 0. The minimum Gasteiger partial charge on any atom is -0.486 e. The van der Waals surface area contributed by atoms with Gasteiger partial charge in [0.05, 0.1) is 21.3 Å². The average molecular weight is 519 g/mol. The number of halogens is 6. The number of pyridine rings is 1. The average Bonchev–Trinajstić information content (AvgIpc) is 2.68. The zero-order valence-corrected chi connectivity index (χ0v) is 18.1. The lowest BCUT2D eigenvalue weighted by molar-refractivity contribution is -0.137. The van der Waals surface area contributed by atoms with E-state index in [2.05, 4.69) is 31.4 Å². The van der Waals surface area contributed by atoms with Gasteiger partial charge in [-0.3, -0.25) is 5.43 Å². The lowest BCUT2D eigenvalue weighted by Crippen LogP contribution is -2.05. The molecule has 0 fully saturated rings. The Morgan fingerprint density at radius 2 is 1.87 bits per heavy atom. The van der Waals surface area contributed by atoms with Gasteiger partial charge in [-0.05, 0) is 51.8 Å². The number of rotatable bonds is 6. The van der Waals surface area contributed by atoms with Crippen LogP contribution in [0, 0.1) is 0 Å². The molecule has 0 bridgehead atoms. The molecule has 0 unspecified atom stereocenters. The Bertz CT molecular complexity index is 1040. The molecule has 3 aromatic rings. The van der Waals surface area contributed by atoms with Crippen molar-refractivity contribution in [3.8, 4) is 5.75 Å². The van der Waals surface area contributed by atoms with Gasteiger partial charge in [0.2, 0.25) is 0 Å². The molecule has 0 aliphatic rings. The Morgan fingerprint density at radius 1 is 1.10 bits per heavy atom. The molecule has 3 rings (SSSR count). The number of nitrogens with zero attached hydrogens (tertiary/aromatic N) is 2. The van der Waals surface area contributed by atoms with Crippen LogP contribution in [0.25, 0.3) is 0 Å². The molecule has 1 heterocycles. The first-order valence-corrected chi connectivity index (χ1v) is 9.96. The number of anilines is 1. The molecule has 0 saturated heterocycles. The fraction of sp³-hybridized carbons (Fsp3) is 0.100. The van der Waals surface area contributed by atoms with Crippen LogP contribution in [0.1, 0.15) is 16.7 Å². The van der Waals surface area contributed by atoms with Gasteiger partial charge in [-0.25, -0.2) is 4.98 Å². The van der Waals surface area contributed by atoms with E-state index in [1.165, 1.54) is 12.3 Å². The van der Waals surface area contributed by atoms with Crippen molar-refractivity contribution in [3.05, 3.63) is 85.9 Å². The third kappa shape index (κ3) is 5.87. The topological polar surface area (TPSA) is 46.5 Å². The zero-order valence-electron chi connectivity index (χ0n) is 15.1. The highest BCUT2D eigenvalue weighted by molar-refractivity contribution is 9.10. The molecule has 0 radical (unpaired) electrons. The van der Waals surface area contributed by atoms with Crippen molar-refractivity contribution in [1.29, 1.82) is 0 Å². The predicted molar refractivity (Wildman–Crippen MR) is 115 cm³/mol. The van der Waals surface area contributed by atoms with Gasteiger partial charge in [0, 0.05) is 16.8 Å². The monoisotopic (exact) mass is 517 g/mol. The summed E-state index contributed by atoms with van der Waals surface area (Å²) in [6.45, 7) is 0.243. The molecular weight excluding hydrogens is 506 g/mol. The Kier molecular flexibility index (Phi) is 7.23. The van der Waals surface area contributed by atoms with E-state index in [4.69, 9.17) is 27.9 Å². The first kappa shape index (κ1) is 22.4. The van der Waals surface area contributed by atoms with E-state index >= 15 is 0 Å². The predicted octanol–water partition coefficient (Wildman–Crippen LogP) is 7.19. The van der Waals surface area contributed by atoms with Gasteiger partial charge in [-0.1, -0.05) is 41.4 Å². The van der Waals surface area contributed by atoms with E-state index in [1.807, 2.05) is 18.2 Å². The lowest BCUT2D eigenvalue weighted by atomic mass is 10.2. The zero-order chi connectivity index (χ0) is 21.7. The molecule has 30 heavy (non-hydrogen) atoms. The van der Waals surface area contributed by atoms with Crippen molar-refractivity contribution in [3.63, 3.8) is 0 Å². The number of hydrogen-bond donors (Lipinski definition) is 1. The molecule has 1 aromatic heterocycles. The molecular formula is C20H13BrCl2F3N3O. The minimum atomic E-state index is -4.44. The van der Waals surface area contributed by atoms with E-state index in [9.17, 15) is 13.2 Å². The molecule has 0 spiro atoms. The van der Waals surface area contributed by atoms with Gasteiger partial charge in [0.25, 0.3) is 0 Å². The van der Waals surface area contributed by atoms with Crippen LogP contribution >= 0.6 is 39.1 Å². The maximum atomic E-state index is 12.5. The summed E-state index contributed by atoms with van der Waals surface area (Å²) in [6, 6.07) is 12.8. The largest absolute Gasteiger partial charge is 0.486 e. The van der Waals surface area contributed by atoms with Gasteiger partial charge in [-0.15, -0.1) is 0 Å². The van der Waals surface area contributed by atoms with Crippen LogP contribution in [-0.2, 0) is 12.8 Å². The highest BCUT2D eigenvalue weighted by Gasteiger charge is 2.30. The van der Waals surface area contributed by atoms with E-state index < -0.39 is 11.7 Å². The van der Waals surface area contributed by atoms with Gasteiger partial charge in [0.1, 0.15) is 12.4 Å². The smallest absolute Gasteiger partial charge is 0.417 e. The van der Waals surface area contributed by atoms with Crippen LogP contribution in [0.15, 0.2) is 64.3 Å². The van der Waals surface area contributed by atoms with Crippen molar-refractivity contribution in [1.82, 2.24) is 4.98 Å². The summed E-state index contributed by atoms with van der Waals surface area (Å²) in [6.07, 6.45) is -2.25. The second-order valence-electron chi connectivity index (χ2n) is 5.99. The highest BCUT2D eigenvalue weighted by atomic mass is 79.9. The summed E-state index contributed by atoms with van der Waals surface area (Å²) in [5.41, 5.74) is 3.19. The molecule has 0 amide bonds. The molecule has 0 atom stereocenters. The number of benzene rings is 2. The van der Waals surface area contributed by atoms with Crippen LogP contribution < -0.4 is 10.2 Å². The van der Waals surface area contributed by atoms with Crippen molar-refractivity contribution in [2.45, 2.75) is 12.8 Å². The SMILES string of the molecule is FC(F)(F)c1ccc(N/N=C\c2cc(Cl)c(OCc3ccccc3Cl)c(Br)c2)nc1. The van der Waals surface area contributed by atoms with Gasteiger partial charge in [-0.2, -0.15) is 18.3 Å². The van der Waals surface area contributed by atoms with Crippen molar-refractivity contribution in [2.24, 2.45) is 5.10 Å². The van der Waals surface area contributed by atoms with Crippen LogP contribution in [-0.4, -0.2) is 11.2 Å². The Balaban J connectivity index is 1.65. The Labute approximate surface area is 188 Å². The second kappa shape index (κ2) is 9.68. The number of aromatic nitrogens is 1. The molecule has 0 aliphatic heterocycles. The van der Waals surface area contributed by atoms with Crippen LogP contribution in [0.4, 0.5) is 19.0 Å². The molecule has 2 aromatic carbocycles. The molecule has 156 valence electrons. The van der Waals surface area contributed by atoms with Crippen LogP contribution in [0.3, 0.4) is 0 Å². The summed E-state index contributed by atoms with van der Waals surface area (Å²) < 4.78 is 44.0. The van der Waals surface area contributed by atoms with Crippen molar-refractivity contribution >= 4 is 51.2 Å². The lowest BCUT2D eigenvalue weighted by Gasteiger charge is -2.12. The van der Waals surface area contributed by atoms with E-state index in [0.29, 0.717) is 25.8 Å². The molecule has 0 saturated carbocycles. The number of nitrogens with one attached hydrogen (secondary N) is 1. The highest BCUT2D eigenvalue weighted by Crippen LogP contribution is 2.35. The van der Waals surface area contributed by atoms with E-state index in [-0.39, 0.29) is 12.4 Å². The number of alkyl halides is 3. The van der Waals surface area contributed by atoms with Gasteiger partial charge < -0.3 is 4.74 Å². The minimum absolute atomic E-state index is 0.170. The van der Waals surface area contributed by atoms with E-state index in [0.717, 1.165) is 17.8 Å². The van der Waals surface area contributed by atoms with Gasteiger partial charge >= 0.3 is 6.18 Å². The summed E-state index contributed by atoms with van der Waals surface area (Å²) in [5.74, 6) is 0.621. The first-order valence-electron chi connectivity index (χ1n) is 8.41. The summed E-state index contributed by atoms with van der Waals surface area (Å²) >= 11 is 15.8. The maximum Gasteiger partial charge on any atom is 0.417 e. The first-order chi connectivity index (χ1) is 14.2. The summed E-state index contributed by atoms with van der Waals surface area (Å²) in [5, 5.41) is 4.91. The maximum absolute atomic E-state index is 12.5. The van der Waals surface area contributed by atoms with Crippen molar-refractivity contribution in [2.75, 3.05) is 5.43 Å². The number of ether oxygens (including phenoxy) is 1. The third-order valence-electron chi connectivity index (χ3n) is 3.83. The molecule has 0 aliphatic carbocycles. The fourth-order valence-electron chi connectivity index (χ4n) is 2.36. The quantitative estimate of drug-likeness (QED) is 0.277. The third-order valence-corrected chi connectivity index (χ3v) is 5.07. The standard InChI is InChI=1S/C20H13BrCl2F3N3O/c21-15-7-12(9-28-29-18-6-5-14(10-27-18)20(24,25)26)8-17(23)19(15)30-11-13-3-1-2-4-16(13)22/h1-10H,11H2,(H,27,29)/b28-9-. The number of hydrogen-bond acceptors (Lipinski definition) is 4. The molecule has 4 nitrogen and oxygen atoms in total. The normalized spacial score (nSPS) is 11.7. The van der Waals surface area contributed by atoms with Crippen LogP contribution in [0.5, 0.6) is 5.75 Å². The Hall–Kier alpha value is -2.29. The fourth-order valence-corrected chi connectivity index (χ4v) is 3.54. The van der Waals surface area contributed by atoms with Gasteiger partial charge in [0.15, 0.2) is 5.75 Å². The Morgan fingerprint density at radius 3 is 2.50 bits per heavy atom. The molecule has 1 N–H and O–H groups in total. The second-order valence-corrected chi connectivity index (χ2v) is 7.66. The van der Waals surface area contributed by atoms with Crippen LogP contribution in [0.2, 0.25) is 10.0 Å². The molecule has 10 heteroatoms. The van der Waals surface area contributed by atoms with E-state index in [1.54, 1.807) is 18.2 Å². The van der Waals surface area contributed by atoms with Crippen molar-refractivity contribution < 1.29 is 17.9 Å². The number of hydrazone groups is 1.